The van der Waals surface area contributed by atoms with Gasteiger partial charge in [0.15, 0.2) is 5.65 Å². The van der Waals surface area contributed by atoms with E-state index in [9.17, 15) is 4.79 Å². The maximum Gasteiger partial charge on any atom is 0.255 e. The Kier molecular flexibility index (Phi) is 4.49. The van der Waals surface area contributed by atoms with Crippen molar-refractivity contribution < 1.29 is 4.79 Å². The number of nitrogens with zero attached hydrogens (tertiary/aromatic N) is 6. The molecule has 0 aliphatic rings. The number of rotatable bonds is 5. The van der Waals surface area contributed by atoms with Gasteiger partial charge in [-0.3, -0.25) is 4.79 Å². The van der Waals surface area contributed by atoms with Gasteiger partial charge in [0.2, 0.25) is 0 Å². The number of hydrogen-bond donors (Lipinski definition) is 1. The summed E-state index contributed by atoms with van der Waals surface area (Å²) < 4.78 is 3.59. The van der Waals surface area contributed by atoms with E-state index in [0.29, 0.717) is 23.4 Å². The quantitative estimate of drug-likeness (QED) is 0.493. The van der Waals surface area contributed by atoms with Crippen molar-refractivity contribution in [1.29, 1.82) is 0 Å². The number of amides is 1. The number of benzene rings is 2. The van der Waals surface area contributed by atoms with Crippen LogP contribution in [0.4, 0.5) is 5.69 Å². The third kappa shape index (κ3) is 3.66. The fourth-order valence-corrected chi connectivity index (χ4v) is 3.19. The first kappa shape index (κ1) is 17.7. The van der Waals surface area contributed by atoms with E-state index in [2.05, 4.69) is 25.6 Å². The number of anilines is 1. The Morgan fingerprint density at radius 3 is 2.73 bits per heavy atom. The number of carbonyl (C=O) groups excluding carboxylic acids is 1. The number of nitrogens with one attached hydrogen (secondary N) is 1. The fraction of sp³-hybridized carbons (Fsp3) is 0.0455. The summed E-state index contributed by atoms with van der Waals surface area (Å²) in [6.07, 6.45) is 6.98. The molecule has 5 rings (SSSR count). The van der Waals surface area contributed by atoms with Crippen LogP contribution in [0.1, 0.15) is 15.9 Å². The molecule has 5 aromatic rings. The lowest BCUT2D eigenvalue weighted by Crippen LogP contribution is -2.12. The molecule has 3 aromatic heterocycles. The highest BCUT2D eigenvalue weighted by molar-refractivity contribution is 6.04. The van der Waals surface area contributed by atoms with Gasteiger partial charge in [0, 0.05) is 35.8 Å². The Morgan fingerprint density at radius 2 is 1.90 bits per heavy atom. The zero-order valence-corrected chi connectivity index (χ0v) is 15.9. The molecule has 0 aliphatic carbocycles. The van der Waals surface area contributed by atoms with Crippen LogP contribution in [0, 0.1) is 0 Å². The van der Waals surface area contributed by atoms with Crippen molar-refractivity contribution in [2.75, 3.05) is 5.32 Å². The van der Waals surface area contributed by atoms with Crippen molar-refractivity contribution in [3.63, 3.8) is 0 Å². The van der Waals surface area contributed by atoms with Gasteiger partial charge < -0.3 is 9.88 Å². The minimum Gasteiger partial charge on any atom is -0.333 e. The van der Waals surface area contributed by atoms with Crippen molar-refractivity contribution in [2.24, 2.45) is 0 Å². The molecule has 0 aliphatic heterocycles. The van der Waals surface area contributed by atoms with Gasteiger partial charge in [-0.15, -0.1) is 10.2 Å². The molecule has 2 aromatic carbocycles. The van der Waals surface area contributed by atoms with Gasteiger partial charge in [-0.05, 0) is 42.0 Å². The average Bonchev–Trinajstić information content (AvgIpc) is 3.45. The number of imidazole rings is 1. The van der Waals surface area contributed by atoms with Gasteiger partial charge >= 0.3 is 0 Å². The van der Waals surface area contributed by atoms with Gasteiger partial charge in [0.05, 0.1) is 12.0 Å². The zero-order chi connectivity index (χ0) is 20.3. The van der Waals surface area contributed by atoms with Crippen molar-refractivity contribution in [3.8, 4) is 11.3 Å². The van der Waals surface area contributed by atoms with Crippen LogP contribution in [0.5, 0.6) is 0 Å². The summed E-state index contributed by atoms with van der Waals surface area (Å²) in [5.41, 5.74) is 4.73. The third-order valence-electron chi connectivity index (χ3n) is 4.72. The van der Waals surface area contributed by atoms with Crippen molar-refractivity contribution in [2.45, 2.75) is 6.54 Å². The van der Waals surface area contributed by atoms with Crippen molar-refractivity contribution >= 4 is 17.2 Å². The molecule has 0 atom stereocenters. The van der Waals surface area contributed by atoms with Gasteiger partial charge in [0.1, 0.15) is 6.33 Å². The highest BCUT2D eigenvalue weighted by Gasteiger charge is 2.08. The van der Waals surface area contributed by atoms with Gasteiger partial charge in [-0.2, -0.15) is 9.61 Å². The van der Waals surface area contributed by atoms with Crippen LogP contribution >= 0.6 is 0 Å². The van der Waals surface area contributed by atoms with Crippen LogP contribution in [-0.2, 0) is 6.54 Å². The molecule has 3 heterocycles. The fourth-order valence-electron chi connectivity index (χ4n) is 3.19. The number of hydrogen-bond acceptors (Lipinski definition) is 5. The van der Waals surface area contributed by atoms with Crippen LogP contribution in [-0.4, -0.2) is 35.3 Å². The average molecular weight is 395 g/mol. The van der Waals surface area contributed by atoms with E-state index >= 15 is 0 Å². The Bertz CT molecular complexity index is 1310. The molecule has 0 fully saturated rings. The van der Waals surface area contributed by atoms with E-state index in [-0.39, 0.29) is 5.91 Å². The minimum absolute atomic E-state index is 0.163. The molecular weight excluding hydrogens is 378 g/mol. The summed E-state index contributed by atoms with van der Waals surface area (Å²) in [5.74, 6) is -0.163. The van der Waals surface area contributed by atoms with Crippen LogP contribution in [0.3, 0.4) is 0 Å². The predicted molar refractivity (Wildman–Crippen MR) is 112 cm³/mol. The molecule has 0 saturated carbocycles. The third-order valence-corrected chi connectivity index (χ3v) is 4.72. The van der Waals surface area contributed by atoms with Gasteiger partial charge in [0.25, 0.3) is 5.91 Å². The van der Waals surface area contributed by atoms with Crippen LogP contribution in [0.2, 0.25) is 0 Å². The molecular formula is C22H17N7O. The lowest BCUT2D eigenvalue weighted by atomic mass is 10.1. The Labute approximate surface area is 171 Å². The SMILES string of the molecule is O=C(Nc1cccc(-c2ccc3nncn3n2)c1)c1ccc(Cn2ccnc2)cc1. The van der Waals surface area contributed by atoms with E-state index in [1.165, 1.54) is 0 Å². The highest BCUT2D eigenvalue weighted by atomic mass is 16.1. The summed E-state index contributed by atoms with van der Waals surface area (Å²) in [6, 6.07) is 18.9. The lowest BCUT2D eigenvalue weighted by Gasteiger charge is -2.09. The van der Waals surface area contributed by atoms with Crippen LogP contribution in [0.25, 0.3) is 16.9 Å². The van der Waals surface area contributed by atoms with Gasteiger partial charge in [-0.25, -0.2) is 4.98 Å². The van der Waals surface area contributed by atoms with E-state index in [1.54, 1.807) is 23.4 Å². The lowest BCUT2D eigenvalue weighted by molar-refractivity contribution is 0.102. The molecule has 8 nitrogen and oxygen atoms in total. The minimum atomic E-state index is -0.163. The number of aromatic nitrogens is 6. The first-order valence-electron chi connectivity index (χ1n) is 9.38. The summed E-state index contributed by atoms with van der Waals surface area (Å²) in [6.45, 7) is 0.716. The smallest absolute Gasteiger partial charge is 0.255 e. The maximum absolute atomic E-state index is 12.7. The molecule has 0 unspecified atom stereocenters. The normalized spacial score (nSPS) is 10.9. The second-order valence-corrected chi connectivity index (χ2v) is 6.82. The molecule has 30 heavy (non-hydrogen) atoms. The number of carbonyl (C=O) groups is 1. The topological polar surface area (TPSA) is 90.0 Å². The zero-order valence-electron chi connectivity index (χ0n) is 15.9. The highest BCUT2D eigenvalue weighted by Crippen LogP contribution is 2.21. The first-order valence-corrected chi connectivity index (χ1v) is 9.38. The summed E-state index contributed by atoms with van der Waals surface area (Å²) in [4.78, 5) is 16.7. The first-order chi connectivity index (χ1) is 14.7. The summed E-state index contributed by atoms with van der Waals surface area (Å²) in [5, 5.41) is 15.3. The summed E-state index contributed by atoms with van der Waals surface area (Å²) >= 11 is 0. The Balaban J connectivity index is 1.31. The molecule has 146 valence electrons. The monoisotopic (exact) mass is 395 g/mol. The molecule has 0 saturated heterocycles. The van der Waals surface area contributed by atoms with E-state index < -0.39 is 0 Å². The maximum atomic E-state index is 12.7. The van der Waals surface area contributed by atoms with Crippen LogP contribution < -0.4 is 5.32 Å². The molecule has 0 spiro atoms. The molecule has 1 N–H and O–H groups in total. The standard InChI is InChI=1S/C22H17N7O/c30-22(17-6-4-16(5-7-17)13-28-11-10-23-14-28)25-19-3-1-2-18(12-19)20-8-9-21-26-24-15-29(21)27-20/h1-12,14-15H,13H2,(H,25,30). The molecule has 0 bridgehead atoms. The Hall–Kier alpha value is -4.33. The largest absolute Gasteiger partial charge is 0.333 e. The number of fused-ring (bicyclic) bond motifs is 1. The molecule has 1 amide bonds. The van der Waals surface area contributed by atoms with Crippen LogP contribution in [0.15, 0.2) is 85.7 Å². The van der Waals surface area contributed by atoms with E-state index in [1.807, 2.05) is 71.4 Å². The predicted octanol–water partition coefficient (Wildman–Crippen LogP) is 3.29. The second kappa shape index (κ2) is 7.59. The van der Waals surface area contributed by atoms with Crippen molar-refractivity contribution in [1.82, 2.24) is 29.4 Å². The van der Waals surface area contributed by atoms with Crippen molar-refractivity contribution in [3.05, 3.63) is 96.8 Å². The van der Waals surface area contributed by atoms with E-state index in [0.717, 1.165) is 16.8 Å². The Morgan fingerprint density at radius 1 is 1.00 bits per heavy atom. The second-order valence-electron chi connectivity index (χ2n) is 6.82. The van der Waals surface area contributed by atoms with Gasteiger partial charge in [-0.1, -0.05) is 24.3 Å². The molecule has 0 radical (unpaired) electrons. The van der Waals surface area contributed by atoms with E-state index in [4.69, 9.17) is 0 Å². The molecule has 8 heteroatoms. The summed E-state index contributed by atoms with van der Waals surface area (Å²) in [7, 11) is 0.